The molecule has 0 spiro atoms. The minimum Gasteiger partial charge on any atom is -0.389 e. The van der Waals surface area contributed by atoms with Gasteiger partial charge in [0.1, 0.15) is 4.99 Å². The number of anilines is 1. The lowest BCUT2D eigenvalue weighted by Gasteiger charge is -2.12. The number of carbonyl (C=O) groups is 1. The van der Waals surface area contributed by atoms with Gasteiger partial charge in [-0.2, -0.15) is 0 Å². The highest BCUT2D eigenvalue weighted by atomic mass is 32.1. The first kappa shape index (κ1) is 13.7. The minimum atomic E-state index is -0.0643. The van der Waals surface area contributed by atoms with Gasteiger partial charge in [-0.1, -0.05) is 30.4 Å². The molecule has 98 valence electrons. The molecular formula is C14H14N2OS2. The fourth-order valence-electron chi connectivity index (χ4n) is 1.86. The van der Waals surface area contributed by atoms with Crippen molar-refractivity contribution in [2.45, 2.75) is 13.3 Å². The third-order valence-electron chi connectivity index (χ3n) is 2.71. The standard InChI is InChI=1S/C14H14N2OS2/c1-9-4-2-6-11(13(9)14(15)18)16-12(17)8-10-5-3-7-19-10/h2-7H,8H2,1H3,(H2,15,18)(H,16,17). The van der Waals surface area contributed by atoms with Crippen LogP contribution < -0.4 is 11.1 Å². The summed E-state index contributed by atoms with van der Waals surface area (Å²) >= 11 is 6.60. The number of thiocarbonyl (C=S) groups is 1. The van der Waals surface area contributed by atoms with Gasteiger partial charge in [-0.05, 0) is 30.0 Å². The number of aryl methyl sites for hydroxylation is 1. The van der Waals surface area contributed by atoms with Crippen LogP contribution in [0.2, 0.25) is 0 Å². The van der Waals surface area contributed by atoms with Crippen molar-refractivity contribution < 1.29 is 4.79 Å². The van der Waals surface area contributed by atoms with Crippen molar-refractivity contribution >= 4 is 40.1 Å². The topological polar surface area (TPSA) is 55.1 Å². The first-order chi connectivity index (χ1) is 9.08. The SMILES string of the molecule is Cc1cccc(NC(=O)Cc2cccs2)c1C(N)=S. The predicted molar refractivity (Wildman–Crippen MR) is 83.7 cm³/mol. The maximum absolute atomic E-state index is 12.0. The first-order valence-electron chi connectivity index (χ1n) is 5.79. The molecule has 3 nitrogen and oxygen atoms in total. The number of nitrogens with two attached hydrogens (primary N) is 1. The number of hydrogen-bond acceptors (Lipinski definition) is 3. The van der Waals surface area contributed by atoms with Crippen LogP contribution >= 0.6 is 23.6 Å². The molecule has 2 rings (SSSR count). The van der Waals surface area contributed by atoms with Crippen LogP contribution in [0.15, 0.2) is 35.7 Å². The van der Waals surface area contributed by atoms with E-state index in [1.54, 1.807) is 11.3 Å². The Morgan fingerprint density at radius 1 is 1.37 bits per heavy atom. The smallest absolute Gasteiger partial charge is 0.229 e. The van der Waals surface area contributed by atoms with E-state index in [0.29, 0.717) is 17.1 Å². The van der Waals surface area contributed by atoms with E-state index in [0.717, 1.165) is 16.0 Å². The molecule has 0 atom stereocenters. The van der Waals surface area contributed by atoms with Gasteiger partial charge in [0, 0.05) is 10.4 Å². The van der Waals surface area contributed by atoms with E-state index < -0.39 is 0 Å². The van der Waals surface area contributed by atoms with E-state index in [-0.39, 0.29) is 5.91 Å². The van der Waals surface area contributed by atoms with E-state index in [1.807, 2.05) is 42.6 Å². The van der Waals surface area contributed by atoms with Crippen LogP contribution in [-0.4, -0.2) is 10.9 Å². The molecule has 0 aliphatic carbocycles. The Kier molecular flexibility index (Phi) is 4.29. The van der Waals surface area contributed by atoms with Gasteiger partial charge in [-0.25, -0.2) is 0 Å². The molecule has 5 heteroatoms. The van der Waals surface area contributed by atoms with Crippen molar-refractivity contribution in [3.8, 4) is 0 Å². The largest absolute Gasteiger partial charge is 0.389 e. The Labute approximate surface area is 121 Å². The van der Waals surface area contributed by atoms with Crippen LogP contribution in [0.5, 0.6) is 0 Å². The molecule has 1 heterocycles. The number of rotatable bonds is 4. The zero-order valence-corrected chi connectivity index (χ0v) is 12.1. The van der Waals surface area contributed by atoms with E-state index in [4.69, 9.17) is 18.0 Å². The van der Waals surface area contributed by atoms with Crippen molar-refractivity contribution in [2.75, 3.05) is 5.32 Å². The summed E-state index contributed by atoms with van der Waals surface area (Å²) in [4.78, 5) is 13.3. The Bertz CT molecular complexity index is 606. The number of benzene rings is 1. The number of hydrogen-bond donors (Lipinski definition) is 2. The molecule has 0 fully saturated rings. The van der Waals surface area contributed by atoms with Crippen molar-refractivity contribution in [2.24, 2.45) is 5.73 Å². The number of thiophene rings is 1. The molecule has 0 radical (unpaired) electrons. The fraction of sp³-hybridized carbons (Fsp3) is 0.143. The van der Waals surface area contributed by atoms with E-state index in [1.165, 1.54) is 0 Å². The third-order valence-corrected chi connectivity index (χ3v) is 3.79. The fourth-order valence-corrected chi connectivity index (χ4v) is 2.84. The summed E-state index contributed by atoms with van der Waals surface area (Å²) in [6, 6.07) is 9.48. The first-order valence-corrected chi connectivity index (χ1v) is 7.08. The highest BCUT2D eigenvalue weighted by Crippen LogP contribution is 2.20. The molecule has 3 N–H and O–H groups in total. The van der Waals surface area contributed by atoms with Gasteiger partial charge in [-0.15, -0.1) is 11.3 Å². The Hall–Kier alpha value is -1.72. The molecule has 0 unspecified atom stereocenters. The summed E-state index contributed by atoms with van der Waals surface area (Å²) in [5.41, 5.74) is 8.08. The minimum absolute atomic E-state index is 0.0643. The second kappa shape index (κ2) is 5.95. The molecule has 2 aromatic rings. The lowest BCUT2D eigenvalue weighted by Crippen LogP contribution is -2.19. The zero-order valence-electron chi connectivity index (χ0n) is 10.5. The number of amides is 1. The monoisotopic (exact) mass is 290 g/mol. The molecular weight excluding hydrogens is 276 g/mol. The van der Waals surface area contributed by atoms with Crippen LogP contribution in [0, 0.1) is 6.92 Å². The average Bonchev–Trinajstić information content (AvgIpc) is 2.81. The van der Waals surface area contributed by atoms with Gasteiger partial charge in [0.2, 0.25) is 5.91 Å². The Balaban J connectivity index is 2.17. The molecule has 0 saturated heterocycles. The highest BCUT2D eigenvalue weighted by Gasteiger charge is 2.11. The van der Waals surface area contributed by atoms with Gasteiger partial charge in [0.15, 0.2) is 0 Å². The van der Waals surface area contributed by atoms with Crippen molar-refractivity contribution in [3.63, 3.8) is 0 Å². The Morgan fingerprint density at radius 2 is 2.16 bits per heavy atom. The van der Waals surface area contributed by atoms with Gasteiger partial charge in [-0.3, -0.25) is 4.79 Å². The molecule has 19 heavy (non-hydrogen) atoms. The van der Waals surface area contributed by atoms with Gasteiger partial charge >= 0.3 is 0 Å². The molecule has 1 aromatic carbocycles. The third kappa shape index (κ3) is 3.39. The van der Waals surface area contributed by atoms with Gasteiger partial charge < -0.3 is 11.1 Å². The average molecular weight is 290 g/mol. The van der Waals surface area contributed by atoms with Crippen molar-refractivity contribution in [1.29, 1.82) is 0 Å². The maximum atomic E-state index is 12.0. The summed E-state index contributed by atoms with van der Waals surface area (Å²) in [7, 11) is 0. The van der Waals surface area contributed by atoms with Crippen LogP contribution in [-0.2, 0) is 11.2 Å². The molecule has 0 saturated carbocycles. The molecule has 1 aromatic heterocycles. The summed E-state index contributed by atoms with van der Waals surface area (Å²) in [5, 5.41) is 4.83. The Morgan fingerprint density at radius 3 is 2.79 bits per heavy atom. The van der Waals surface area contributed by atoms with Crippen LogP contribution in [0.1, 0.15) is 16.0 Å². The second-order valence-corrected chi connectivity index (χ2v) is 5.64. The van der Waals surface area contributed by atoms with Gasteiger partial charge in [0.25, 0.3) is 0 Å². The molecule has 1 amide bonds. The van der Waals surface area contributed by atoms with Crippen molar-refractivity contribution in [3.05, 3.63) is 51.7 Å². The summed E-state index contributed by atoms with van der Waals surface area (Å²) in [5.74, 6) is -0.0643. The van der Waals surface area contributed by atoms with Crippen molar-refractivity contribution in [1.82, 2.24) is 0 Å². The van der Waals surface area contributed by atoms with E-state index in [2.05, 4.69) is 5.32 Å². The highest BCUT2D eigenvalue weighted by molar-refractivity contribution is 7.80. The lowest BCUT2D eigenvalue weighted by molar-refractivity contribution is -0.115. The second-order valence-electron chi connectivity index (χ2n) is 4.17. The zero-order chi connectivity index (χ0) is 13.8. The molecule has 0 aliphatic rings. The quantitative estimate of drug-likeness (QED) is 0.851. The van der Waals surface area contributed by atoms with Crippen LogP contribution in [0.4, 0.5) is 5.69 Å². The summed E-state index contributed by atoms with van der Waals surface area (Å²) in [6.07, 6.45) is 0.363. The van der Waals surface area contributed by atoms with E-state index >= 15 is 0 Å². The van der Waals surface area contributed by atoms with Crippen LogP contribution in [0.3, 0.4) is 0 Å². The normalized spacial score (nSPS) is 10.2. The number of carbonyl (C=O) groups excluding carboxylic acids is 1. The predicted octanol–water partition coefficient (Wildman–Crippen LogP) is 2.87. The lowest BCUT2D eigenvalue weighted by atomic mass is 10.1. The maximum Gasteiger partial charge on any atom is 0.229 e. The van der Waals surface area contributed by atoms with Gasteiger partial charge in [0.05, 0.1) is 12.1 Å². The van der Waals surface area contributed by atoms with E-state index in [9.17, 15) is 4.79 Å². The summed E-state index contributed by atoms with van der Waals surface area (Å²) < 4.78 is 0. The number of nitrogens with one attached hydrogen (secondary N) is 1. The molecule has 0 aliphatic heterocycles. The molecule has 0 bridgehead atoms. The van der Waals surface area contributed by atoms with Crippen LogP contribution in [0.25, 0.3) is 0 Å². The summed E-state index contributed by atoms with van der Waals surface area (Å²) in [6.45, 7) is 1.92.